The fourth-order valence-corrected chi connectivity index (χ4v) is 7.99. The zero-order valence-electron chi connectivity index (χ0n) is 54.5. The van der Waals surface area contributed by atoms with Gasteiger partial charge in [-0.1, -0.05) is 12.1 Å². The van der Waals surface area contributed by atoms with Gasteiger partial charge in [-0.05, 0) is 120 Å². The smallest absolute Gasteiger partial charge is 0.225 e. The number of hydrazone groups is 4. The highest BCUT2D eigenvalue weighted by atomic mass is 32.1. The lowest BCUT2D eigenvalue weighted by molar-refractivity contribution is 0.552. The van der Waals surface area contributed by atoms with Crippen LogP contribution in [-0.2, 0) is 20.5 Å². The number of nitrogens with zero attached hydrogens (tertiary/aromatic N) is 25. The largest absolute Gasteiger partial charge is 0.375 e. The first kappa shape index (κ1) is 73.9. The molecule has 0 spiro atoms. The topological polar surface area (TPSA) is 421 Å². The van der Waals surface area contributed by atoms with Crippen molar-refractivity contribution in [3.63, 3.8) is 0 Å². The van der Waals surface area contributed by atoms with E-state index in [0.29, 0.717) is 76.0 Å². The number of thiazole rings is 1. The van der Waals surface area contributed by atoms with Crippen LogP contribution < -0.4 is 44.2 Å². The number of hydrogen-bond acceptors (Lipinski definition) is 27. The van der Waals surface area contributed by atoms with Gasteiger partial charge in [0.1, 0.15) is 35.7 Å². The summed E-state index contributed by atoms with van der Waals surface area (Å²) >= 11 is 20.9. The third-order valence-electron chi connectivity index (χ3n) is 11.9. The summed E-state index contributed by atoms with van der Waals surface area (Å²) < 4.78 is 5.41. The van der Waals surface area contributed by atoms with E-state index < -0.39 is 0 Å². The van der Waals surface area contributed by atoms with Crippen LogP contribution in [0.5, 0.6) is 0 Å². The second-order valence-electron chi connectivity index (χ2n) is 21.0. The molecule has 0 aliphatic heterocycles. The average molecular weight is 1390 g/mol. The molecule has 9 rings (SSSR count). The van der Waals surface area contributed by atoms with Gasteiger partial charge in [0.05, 0.1) is 88.7 Å². The molecule has 0 fully saturated rings. The normalized spacial score (nSPS) is 11.0. The van der Waals surface area contributed by atoms with Crippen LogP contribution in [0.15, 0.2) is 118 Å². The summed E-state index contributed by atoms with van der Waals surface area (Å²) in [6, 6.07) is 17.5. The van der Waals surface area contributed by atoms with E-state index in [9.17, 15) is 0 Å². The predicted octanol–water partition coefficient (Wildman–Crippen LogP) is 5.72. The highest BCUT2D eigenvalue weighted by Gasteiger charge is 2.15. The fourth-order valence-electron chi connectivity index (χ4n) is 7.22. The quantitative estimate of drug-likeness (QED) is 0.0242. The number of imidazole rings is 2. The van der Waals surface area contributed by atoms with Crippen LogP contribution >= 0.6 is 60.2 Å². The van der Waals surface area contributed by atoms with Crippen molar-refractivity contribution in [2.45, 2.75) is 66.1 Å². The lowest BCUT2D eigenvalue weighted by Crippen LogP contribution is -2.27. The molecule has 0 atom stereocenters. The Labute approximate surface area is 580 Å². The number of hydrogen-bond donors (Lipinski definition) is 8. The third-order valence-corrected chi connectivity index (χ3v) is 13.8. The zero-order chi connectivity index (χ0) is 70.0. The van der Waals surface area contributed by atoms with E-state index in [4.69, 9.17) is 77.1 Å². The van der Waals surface area contributed by atoms with Crippen molar-refractivity contribution in [1.29, 1.82) is 5.26 Å². The number of benzene rings is 1. The van der Waals surface area contributed by atoms with Gasteiger partial charge in [0.25, 0.3) is 0 Å². The Balaban J connectivity index is 0.000000204. The number of aromatic nitrogens is 16. The summed E-state index contributed by atoms with van der Waals surface area (Å²) in [6.07, 6.45) is 18.6. The van der Waals surface area contributed by atoms with Crippen LogP contribution in [0.1, 0.15) is 69.9 Å². The summed E-state index contributed by atoms with van der Waals surface area (Å²) in [5.74, 6) is 3.95. The molecule has 0 radical (unpaired) electrons. The van der Waals surface area contributed by atoms with Gasteiger partial charge >= 0.3 is 0 Å². The number of nitrogens with two attached hydrogens (primary N) is 4. The highest BCUT2D eigenvalue weighted by Crippen LogP contribution is 2.24. The van der Waals surface area contributed by atoms with Gasteiger partial charge in [0, 0.05) is 96.8 Å². The molecule has 0 amide bonds. The minimum atomic E-state index is 0.151. The second-order valence-corrected chi connectivity index (χ2v) is 23.5. The molecular formula is C58H73N33S5. The molecule has 96 heavy (non-hydrogen) atoms. The minimum absolute atomic E-state index is 0.151. The summed E-state index contributed by atoms with van der Waals surface area (Å²) in [5, 5.41) is 52.4. The first-order valence-electron chi connectivity index (χ1n) is 28.8. The van der Waals surface area contributed by atoms with Gasteiger partial charge in [0.15, 0.2) is 32.1 Å². The molecule has 0 aliphatic carbocycles. The minimum Gasteiger partial charge on any atom is -0.375 e. The molecule has 0 bridgehead atoms. The summed E-state index contributed by atoms with van der Waals surface area (Å²) in [4.78, 5) is 49.0. The molecule has 0 unspecified atom stereocenters. The molecular weight excluding hydrogens is 1320 g/mol. The number of nitriles is 1. The van der Waals surface area contributed by atoms with Crippen molar-refractivity contribution in [2.75, 3.05) is 49.5 Å². The predicted molar refractivity (Wildman–Crippen MR) is 392 cm³/mol. The maximum atomic E-state index is 8.80. The Morgan fingerprint density at radius 2 is 1.09 bits per heavy atom. The van der Waals surface area contributed by atoms with Crippen molar-refractivity contribution in [3.05, 3.63) is 126 Å². The molecule has 8 heterocycles. The second kappa shape index (κ2) is 36.3. The van der Waals surface area contributed by atoms with Crippen molar-refractivity contribution >= 4 is 135 Å². The zero-order valence-corrected chi connectivity index (χ0v) is 58.6. The number of nitrogens with one attached hydrogen (secondary N) is 4. The molecule has 9 aromatic rings. The molecule has 0 saturated heterocycles. The third kappa shape index (κ3) is 24.1. The molecule has 12 N–H and O–H groups in total. The van der Waals surface area contributed by atoms with E-state index in [2.05, 4.69) is 113 Å². The monoisotopic (exact) mass is 1390 g/mol. The first-order valence-corrected chi connectivity index (χ1v) is 31.3. The lowest BCUT2D eigenvalue weighted by atomic mass is 10.1. The van der Waals surface area contributed by atoms with Crippen LogP contribution in [-0.4, -0.2) is 190 Å². The summed E-state index contributed by atoms with van der Waals surface area (Å²) in [6.45, 7) is 12.1. The Kier molecular flexibility index (Phi) is 28.0. The molecule has 0 saturated carbocycles. The van der Waals surface area contributed by atoms with E-state index >= 15 is 0 Å². The maximum absolute atomic E-state index is 8.80. The first-order chi connectivity index (χ1) is 45.7. The molecule has 33 nitrogen and oxygen atoms in total. The number of anilines is 5. The van der Waals surface area contributed by atoms with Crippen LogP contribution in [0.4, 0.5) is 29.4 Å². The van der Waals surface area contributed by atoms with E-state index in [-0.39, 0.29) is 38.6 Å². The Morgan fingerprint density at radius 3 is 1.53 bits per heavy atom. The molecule has 500 valence electrons. The SMILES string of the molecule is CC(C)Nc1nc(/C=N/N(C)C(N)=S)cc(-c2cncs2)n1.CC(C)Nc1nc(/C=N/N(C)C(N)=S)cc(-c2nncn2C)n1.CC(C)Nc1nc(/C=N/N(C)C(N)=S)cc(-n2ccnc2)n1.CN(/N=C/c1cc(Nc2ccc(CC#N)cc2)nc(-c2cncn2C)n1)C(N)=S. The summed E-state index contributed by atoms with van der Waals surface area (Å²) in [7, 11) is 10.4. The molecule has 1 aromatic carbocycles. The van der Waals surface area contributed by atoms with E-state index in [1.165, 1.54) is 31.4 Å². The van der Waals surface area contributed by atoms with Crippen LogP contribution in [0.2, 0.25) is 0 Å². The van der Waals surface area contributed by atoms with Gasteiger partial charge in [-0.2, -0.15) is 30.7 Å². The van der Waals surface area contributed by atoms with Crippen LogP contribution in [0, 0.1) is 11.3 Å². The Morgan fingerprint density at radius 1 is 0.594 bits per heavy atom. The standard InChI is InChI=1S/C19H19N9S.C13H19N9S.C13H18N8S.C13H17N7S2/c1-27-12-22-11-16(27)18-25-15(10-23-28(2)19(21)29)9-17(26-18)24-14-5-3-13(4-6-14)7-8-20;1-8(2)17-13-18-9(6-16-22(4)12(14)23)5-10(19-13)11-20-15-7-21(11)3;1-9(2)17-13-18-10(7-16-20(3)12(14)22)6-11(19-13)21-5-4-15-8-21;1-8(2)17-13-18-9(5-16-20(3)12(14)21)4-10(19-13)11-6-15-7-22-11/h3-6,9-12H,7H2,1-2H3,(H2,21,29)(H,24,25,26);5-8H,1-4H3,(H2,14,23)(H,17,18,19);4-9H,1-3H3,(H2,14,22)(H,17,18,19);4-8H,1-3H3,(H2,14,21)(H,17,18,19)/b23-10+;16-6+;16-7+;16-5+. The van der Waals surface area contributed by atoms with E-state index in [1.807, 2.05) is 96.7 Å². The van der Waals surface area contributed by atoms with Gasteiger partial charge in [0.2, 0.25) is 17.8 Å². The summed E-state index contributed by atoms with van der Waals surface area (Å²) in [5.41, 5.74) is 30.2. The number of rotatable bonds is 21. The average Bonchev–Trinajstić information content (AvgIpc) is 1.55. The van der Waals surface area contributed by atoms with Crippen molar-refractivity contribution < 1.29 is 0 Å². The van der Waals surface area contributed by atoms with Crippen molar-refractivity contribution in [3.8, 4) is 45.5 Å². The van der Waals surface area contributed by atoms with Gasteiger partial charge < -0.3 is 53.3 Å². The van der Waals surface area contributed by atoms with Crippen LogP contribution in [0.3, 0.4) is 0 Å². The molecule has 0 aliphatic rings. The fraction of sp³-hybridized carbons (Fsp3) is 0.276. The van der Waals surface area contributed by atoms with E-state index in [1.54, 1.807) is 123 Å². The number of aryl methyl sites for hydroxylation is 2. The number of thiocarbonyl (C=S) groups is 4. The highest BCUT2D eigenvalue weighted by molar-refractivity contribution is 7.80. The van der Waals surface area contributed by atoms with Gasteiger partial charge in [-0.25, -0.2) is 64.9 Å². The van der Waals surface area contributed by atoms with Gasteiger partial charge in [-0.3, -0.25) is 9.55 Å². The molecule has 38 heteroatoms. The van der Waals surface area contributed by atoms with Crippen molar-refractivity contribution in [2.24, 2.45) is 57.4 Å². The molecule has 8 aromatic heterocycles. The Bertz CT molecular complexity index is 4070. The van der Waals surface area contributed by atoms with Crippen LogP contribution in [0.25, 0.3) is 39.4 Å². The van der Waals surface area contributed by atoms with Gasteiger partial charge in [-0.15, -0.1) is 21.5 Å². The maximum Gasteiger partial charge on any atom is 0.225 e. The van der Waals surface area contributed by atoms with Crippen molar-refractivity contribution in [1.82, 2.24) is 98.8 Å². The Hall–Kier alpha value is -11.1. The van der Waals surface area contributed by atoms with E-state index in [0.717, 1.165) is 27.5 Å². The lowest BCUT2D eigenvalue weighted by Gasteiger charge is -2.12.